The summed E-state index contributed by atoms with van der Waals surface area (Å²) in [6, 6.07) is 5.69. The summed E-state index contributed by atoms with van der Waals surface area (Å²) in [4.78, 5) is 11.0. The Hall–Kier alpha value is -1.51. The van der Waals surface area contributed by atoms with Crippen molar-refractivity contribution in [2.75, 3.05) is 12.4 Å². The summed E-state index contributed by atoms with van der Waals surface area (Å²) in [5.74, 6) is 0.781. The van der Waals surface area contributed by atoms with Crippen LogP contribution >= 0.6 is 0 Å². The van der Waals surface area contributed by atoms with Crippen LogP contribution < -0.4 is 10.1 Å². The lowest BCUT2D eigenvalue weighted by Crippen LogP contribution is -2.08. The highest BCUT2D eigenvalue weighted by Gasteiger charge is 2.08. The molecule has 3 nitrogen and oxygen atoms in total. The van der Waals surface area contributed by atoms with Crippen molar-refractivity contribution >= 4 is 11.6 Å². The van der Waals surface area contributed by atoms with Crippen molar-refractivity contribution in [2.24, 2.45) is 0 Å². The van der Waals surface area contributed by atoms with E-state index in [0.717, 1.165) is 29.8 Å². The Morgan fingerprint density at radius 2 is 2.20 bits per heavy atom. The van der Waals surface area contributed by atoms with Crippen molar-refractivity contribution in [1.29, 1.82) is 0 Å². The number of ether oxygens (including phenoxy) is 1. The zero-order chi connectivity index (χ0) is 11.3. The second-order valence-corrected chi connectivity index (χ2v) is 3.42. The van der Waals surface area contributed by atoms with Gasteiger partial charge >= 0.3 is 0 Å². The number of carbonyl (C=O) groups excluding carboxylic acids is 1. The van der Waals surface area contributed by atoms with E-state index in [1.54, 1.807) is 7.11 Å². The van der Waals surface area contributed by atoms with Crippen molar-refractivity contribution in [1.82, 2.24) is 0 Å². The lowest BCUT2D eigenvalue weighted by molar-refractivity contribution is -0.114. The second-order valence-electron chi connectivity index (χ2n) is 3.42. The van der Waals surface area contributed by atoms with Gasteiger partial charge in [0.1, 0.15) is 5.75 Å². The average molecular weight is 207 g/mol. The van der Waals surface area contributed by atoms with Gasteiger partial charge in [0.15, 0.2) is 0 Å². The molecule has 1 aromatic carbocycles. The molecule has 0 atom stereocenters. The molecule has 0 aliphatic carbocycles. The van der Waals surface area contributed by atoms with Gasteiger partial charge in [-0.1, -0.05) is 19.4 Å². The highest BCUT2D eigenvalue weighted by molar-refractivity contribution is 5.90. The molecule has 0 radical (unpaired) electrons. The topological polar surface area (TPSA) is 38.3 Å². The maximum absolute atomic E-state index is 11.0. The molecule has 0 fully saturated rings. The van der Waals surface area contributed by atoms with Crippen LogP contribution in [0.3, 0.4) is 0 Å². The van der Waals surface area contributed by atoms with Gasteiger partial charge in [0.05, 0.1) is 7.11 Å². The molecule has 0 bridgehead atoms. The van der Waals surface area contributed by atoms with Gasteiger partial charge in [-0.15, -0.1) is 0 Å². The largest absolute Gasteiger partial charge is 0.496 e. The lowest BCUT2D eigenvalue weighted by Gasteiger charge is -2.13. The lowest BCUT2D eigenvalue weighted by atomic mass is 10.1. The Balaban J connectivity index is 3.06. The van der Waals surface area contributed by atoms with E-state index in [9.17, 15) is 4.79 Å². The molecule has 0 spiro atoms. The second kappa shape index (κ2) is 5.39. The van der Waals surface area contributed by atoms with Crippen molar-refractivity contribution in [3.8, 4) is 5.75 Å². The Morgan fingerprint density at radius 3 is 2.73 bits per heavy atom. The van der Waals surface area contributed by atoms with E-state index in [1.165, 1.54) is 6.92 Å². The van der Waals surface area contributed by atoms with Crippen molar-refractivity contribution in [2.45, 2.75) is 26.7 Å². The number of benzene rings is 1. The van der Waals surface area contributed by atoms with Crippen LogP contribution in [0, 0.1) is 0 Å². The fraction of sp³-hybridized carbons (Fsp3) is 0.417. The first-order chi connectivity index (χ1) is 7.19. The molecule has 3 heteroatoms. The first kappa shape index (κ1) is 11.6. The van der Waals surface area contributed by atoms with Crippen LogP contribution in [0.1, 0.15) is 25.8 Å². The number of carbonyl (C=O) groups is 1. The first-order valence-corrected chi connectivity index (χ1v) is 5.12. The van der Waals surface area contributed by atoms with Gasteiger partial charge in [-0.2, -0.15) is 0 Å². The maximum Gasteiger partial charge on any atom is 0.221 e. The van der Waals surface area contributed by atoms with E-state index in [0.29, 0.717) is 0 Å². The number of rotatable bonds is 4. The predicted molar refractivity (Wildman–Crippen MR) is 61.3 cm³/mol. The minimum atomic E-state index is -0.0550. The van der Waals surface area contributed by atoms with E-state index in [2.05, 4.69) is 12.2 Å². The van der Waals surface area contributed by atoms with Crippen LogP contribution in [0.4, 0.5) is 5.69 Å². The van der Waals surface area contributed by atoms with Crippen LogP contribution in [0.2, 0.25) is 0 Å². The molecule has 82 valence electrons. The van der Waals surface area contributed by atoms with Crippen LogP contribution in [0.15, 0.2) is 18.2 Å². The third-order valence-corrected chi connectivity index (χ3v) is 2.16. The van der Waals surface area contributed by atoms with Gasteiger partial charge in [0.2, 0.25) is 5.91 Å². The molecule has 1 N–H and O–H groups in total. The van der Waals surface area contributed by atoms with Gasteiger partial charge in [-0.25, -0.2) is 0 Å². The Morgan fingerprint density at radius 1 is 1.47 bits per heavy atom. The van der Waals surface area contributed by atoms with Crippen LogP contribution in [-0.4, -0.2) is 13.0 Å². The number of hydrogen-bond acceptors (Lipinski definition) is 2. The highest BCUT2D eigenvalue weighted by atomic mass is 16.5. The molecule has 15 heavy (non-hydrogen) atoms. The van der Waals surface area contributed by atoms with Gasteiger partial charge in [0, 0.05) is 18.2 Å². The summed E-state index contributed by atoms with van der Waals surface area (Å²) in [5.41, 5.74) is 1.92. The molecule has 0 aliphatic rings. The molecule has 0 heterocycles. The number of hydrogen-bond donors (Lipinski definition) is 1. The Kier molecular flexibility index (Phi) is 4.16. The van der Waals surface area contributed by atoms with E-state index in [1.807, 2.05) is 18.2 Å². The van der Waals surface area contributed by atoms with Crippen molar-refractivity contribution < 1.29 is 9.53 Å². The van der Waals surface area contributed by atoms with Crippen LogP contribution in [0.25, 0.3) is 0 Å². The molecule has 0 aliphatic heterocycles. The third kappa shape index (κ3) is 2.98. The summed E-state index contributed by atoms with van der Waals surface area (Å²) >= 11 is 0. The van der Waals surface area contributed by atoms with Gasteiger partial charge in [0.25, 0.3) is 0 Å². The van der Waals surface area contributed by atoms with Crippen molar-refractivity contribution in [3.05, 3.63) is 23.8 Å². The minimum absolute atomic E-state index is 0.0550. The highest BCUT2D eigenvalue weighted by Crippen LogP contribution is 2.27. The first-order valence-electron chi connectivity index (χ1n) is 5.12. The molecule has 1 rings (SSSR count). The number of amides is 1. The Bertz CT molecular complexity index is 347. The molecule has 0 unspecified atom stereocenters. The summed E-state index contributed by atoms with van der Waals surface area (Å²) < 4.78 is 5.27. The van der Waals surface area contributed by atoms with E-state index in [4.69, 9.17) is 4.74 Å². The summed E-state index contributed by atoms with van der Waals surface area (Å²) in [6.07, 6.45) is 1.92. The zero-order valence-corrected chi connectivity index (χ0v) is 9.46. The molecule has 0 aromatic heterocycles. The molecular weight excluding hydrogens is 190 g/mol. The number of methoxy groups -OCH3 is 1. The summed E-state index contributed by atoms with van der Waals surface area (Å²) in [6.45, 7) is 3.61. The third-order valence-electron chi connectivity index (χ3n) is 2.16. The van der Waals surface area contributed by atoms with E-state index < -0.39 is 0 Å². The van der Waals surface area contributed by atoms with Crippen molar-refractivity contribution in [3.63, 3.8) is 0 Å². The number of nitrogens with one attached hydrogen (secondary N) is 1. The molecule has 0 saturated heterocycles. The molecular formula is C12H17NO2. The maximum atomic E-state index is 11.0. The summed E-state index contributed by atoms with van der Waals surface area (Å²) in [7, 11) is 1.64. The van der Waals surface area contributed by atoms with Gasteiger partial charge in [-0.3, -0.25) is 4.79 Å². The van der Waals surface area contributed by atoms with E-state index >= 15 is 0 Å². The quantitative estimate of drug-likeness (QED) is 0.824. The normalized spacial score (nSPS) is 9.80. The fourth-order valence-electron chi connectivity index (χ4n) is 1.57. The van der Waals surface area contributed by atoms with Gasteiger partial charge < -0.3 is 10.1 Å². The monoisotopic (exact) mass is 207 g/mol. The van der Waals surface area contributed by atoms with E-state index in [-0.39, 0.29) is 5.91 Å². The van der Waals surface area contributed by atoms with Crippen LogP contribution in [-0.2, 0) is 11.2 Å². The minimum Gasteiger partial charge on any atom is -0.496 e. The predicted octanol–water partition coefficient (Wildman–Crippen LogP) is 2.61. The standard InChI is InChI=1S/C12H17NO2/c1-4-6-10-11(13-9(2)14)7-5-8-12(10)15-3/h5,7-8H,4,6H2,1-3H3,(H,13,14). The van der Waals surface area contributed by atoms with Gasteiger partial charge in [-0.05, 0) is 18.6 Å². The molecule has 1 aromatic rings. The molecule has 0 saturated carbocycles. The zero-order valence-electron chi connectivity index (χ0n) is 9.46. The summed E-state index contributed by atoms with van der Waals surface area (Å²) in [5, 5.41) is 2.81. The average Bonchev–Trinajstić information content (AvgIpc) is 2.20. The smallest absolute Gasteiger partial charge is 0.221 e. The Labute approximate surface area is 90.4 Å². The molecule has 1 amide bonds. The fourth-order valence-corrected chi connectivity index (χ4v) is 1.57. The number of anilines is 1. The SMILES string of the molecule is CCCc1c(NC(C)=O)cccc1OC. The van der Waals surface area contributed by atoms with Crippen LogP contribution in [0.5, 0.6) is 5.75 Å².